The Kier molecular flexibility index (Phi) is 16.7. The van der Waals surface area contributed by atoms with Crippen molar-refractivity contribution in [1.82, 2.24) is 9.97 Å². The van der Waals surface area contributed by atoms with Gasteiger partial charge in [0.1, 0.15) is 11.6 Å². The molecule has 2 heterocycles. The van der Waals surface area contributed by atoms with Gasteiger partial charge in [0.2, 0.25) is 0 Å². The topological polar surface area (TPSA) is 63.1 Å². The first kappa shape index (κ1) is 46.9. The number of hydrogen-bond donors (Lipinski definition) is 1. The number of rotatable bonds is 9. The van der Waals surface area contributed by atoms with E-state index in [0.29, 0.717) is 5.39 Å². The van der Waals surface area contributed by atoms with Crippen LogP contribution in [0.5, 0.6) is 0 Å². The SMILES string of the molecule is CC(C)(C)c1ccc(-c2[c-]cccc2)nc1.CCC(C)(CC)C(=O)/C=C(\O)C(C)(CC)CC.Cc1[c-]c(-c2nccc3c2ccc2c(F)cccc23)cc(C)c1.[Ir]. The average Bonchev–Trinajstić information content (AvgIpc) is 3.20. The molecule has 0 saturated heterocycles. The van der Waals surface area contributed by atoms with E-state index in [4.69, 9.17) is 0 Å². The van der Waals surface area contributed by atoms with Crippen molar-refractivity contribution in [1.29, 1.82) is 0 Å². The number of allylic oxidation sites excluding steroid dienone is 2. The fourth-order valence-corrected chi connectivity index (χ4v) is 6.46. The molecule has 0 spiro atoms. The molecule has 1 radical (unpaired) electrons. The van der Waals surface area contributed by atoms with Crippen molar-refractivity contribution in [2.45, 2.75) is 107 Å². The number of benzene rings is 4. The smallest absolute Gasteiger partial charge is 0.164 e. The van der Waals surface area contributed by atoms with Gasteiger partial charge in [-0.2, -0.15) is 0 Å². The van der Waals surface area contributed by atoms with Crippen LogP contribution in [0, 0.1) is 42.6 Å². The monoisotopic (exact) mass is 943 g/mol. The minimum atomic E-state index is -0.337. The van der Waals surface area contributed by atoms with Crippen molar-refractivity contribution in [3.63, 3.8) is 0 Å². The number of fused-ring (bicyclic) bond motifs is 3. The maximum absolute atomic E-state index is 14.0. The van der Waals surface area contributed by atoms with E-state index in [1.807, 2.05) is 103 Å². The summed E-state index contributed by atoms with van der Waals surface area (Å²) in [4.78, 5) is 21.2. The summed E-state index contributed by atoms with van der Waals surface area (Å²) in [7, 11) is 0. The summed E-state index contributed by atoms with van der Waals surface area (Å²) < 4.78 is 14.0. The summed E-state index contributed by atoms with van der Waals surface area (Å²) in [5.41, 5.74) is 6.97. The molecule has 0 aliphatic carbocycles. The average molecular weight is 943 g/mol. The van der Waals surface area contributed by atoms with Gasteiger partial charge in [0.05, 0.1) is 0 Å². The molecule has 2 aromatic heterocycles. The second-order valence-electron chi connectivity index (χ2n) is 16.3. The van der Waals surface area contributed by atoms with Crippen LogP contribution < -0.4 is 0 Å². The number of aliphatic hydroxyl groups is 1. The Balaban J connectivity index is 0.000000233. The van der Waals surface area contributed by atoms with Gasteiger partial charge < -0.3 is 15.1 Å². The summed E-state index contributed by atoms with van der Waals surface area (Å²) in [6.45, 7) is 22.8. The molecule has 303 valence electrons. The first-order valence-electron chi connectivity index (χ1n) is 19.9. The van der Waals surface area contributed by atoms with Crippen molar-refractivity contribution in [3.8, 4) is 22.5 Å². The maximum atomic E-state index is 14.0. The predicted octanol–water partition coefficient (Wildman–Crippen LogP) is 14.1. The van der Waals surface area contributed by atoms with Crippen molar-refractivity contribution < 1.29 is 34.4 Å². The zero-order valence-corrected chi connectivity index (χ0v) is 38.0. The molecule has 0 amide bonds. The Morgan fingerprint density at radius 1 is 0.737 bits per heavy atom. The second kappa shape index (κ2) is 20.3. The number of hydrogen-bond acceptors (Lipinski definition) is 4. The van der Waals surface area contributed by atoms with Gasteiger partial charge in [-0.15, -0.1) is 70.8 Å². The minimum Gasteiger partial charge on any atom is -0.512 e. The summed E-state index contributed by atoms with van der Waals surface area (Å²) in [5, 5.41) is 13.7. The molecule has 0 bridgehead atoms. The van der Waals surface area contributed by atoms with Crippen molar-refractivity contribution in [2.24, 2.45) is 10.8 Å². The zero-order valence-electron chi connectivity index (χ0n) is 35.6. The molecule has 0 fully saturated rings. The van der Waals surface area contributed by atoms with E-state index in [-0.39, 0.29) is 53.7 Å². The molecule has 0 atom stereocenters. The predicted molar refractivity (Wildman–Crippen MR) is 233 cm³/mol. The fraction of sp³-hybridized carbons (Fsp3) is 0.353. The molecular weight excluding hydrogens is 884 g/mol. The van der Waals surface area contributed by atoms with Crippen LogP contribution in [0.1, 0.15) is 105 Å². The maximum Gasteiger partial charge on any atom is 0.164 e. The number of nitrogens with zero attached hydrogens (tertiary/aromatic N) is 2. The normalized spacial score (nSPS) is 11.9. The molecule has 0 aliphatic rings. The van der Waals surface area contributed by atoms with Gasteiger partial charge in [-0.05, 0) is 76.3 Å². The Bertz CT molecular complexity index is 2250. The fourth-order valence-electron chi connectivity index (χ4n) is 6.46. The third kappa shape index (κ3) is 11.6. The number of halogens is 1. The van der Waals surface area contributed by atoms with E-state index in [1.165, 1.54) is 23.3 Å². The van der Waals surface area contributed by atoms with E-state index in [9.17, 15) is 14.3 Å². The number of aromatic nitrogens is 2. The number of carbonyl (C=O) groups excluding carboxylic acids is 1. The quantitative estimate of drug-likeness (QED) is 0.0679. The minimum absolute atomic E-state index is 0. The summed E-state index contributed by atoms with van der Waals surface area (Å²) in [6.07, 6.45) is 8.49. The molecule has 57 heavy (non-hydrogen) atoms. The Morgan fingerprint density at radius 3 is 1.95 bits per heavy atom. The zero-order chi connectivity index (χ0) is 41.3. The summed E-state index contributed by atoms with van der Waals surface area (Å²) in [6, 6.07) is 33.8. The molecule has 1 N–H and O–H groups in total. The van der Waals surface area contributed by atoms with E-state index in [1.54, 1.807) is 12.3 Å². The number of aryl methyl sites for hydroxylation is 2. The van der Waals surface area contributed by atoms with E-state index < -0.39 is 0 Å². The van der Waals surface area contributed by atoms with Crippen LogP contribution in [0.4, 0.5) is 4.39 Å². The number of carbonyl (C=O) groups is 1. The number of ketones is 1. The molecule has 0 aliphatic heterocycles. The molecular formula is C51H59FIrN2O2-2. The summed E-state index contributed by atoms with van der Waals surface area (Å²) >= 11 is 0. The van der Waals surface area contributed by atoms with Gasteiger partial charge in [-0.25, -0.2) is 4.39 Å². The number of aliphatic hydroxyl groups excluding tert-OH is 1. The molecule has 6 aromatic rings. The van der Waals surface area contributed by atoms with Gasteiger partial charge in [-0.1, -0.05) is 113 Å². The number of pyridine rings is 2. The van der Waals surface area contributed by atoms with Crippen LogP contribution in [0.2, 0.25) is 0 Å². The van der Waals surface area contributed by atoms with Crippen molar-refractivity contribution in [3.05, 3.63) is 144 Å². The van der Waals surface area contributed by atoms with Gasteiger partial charge in [0.15, 0.2) is 5.78 Å². The molecule has 6 rings (SSSR count). The third-order valence-corrected chi connectivity index (χ3v) is 11.4. The Labute approximate surface area is 354 Å². The second-order valence-corrected chi connectivity index (χ2v) is 16.3. The Morgan fingerprint density at radius 2 is 1.39 bits per heavy atom. The van der Waals surface area contributed by atoms with Crippen LogP contribution in [0.25, 0.3) is 44.1 Å². The van der Waals surface area contributed by atoms with Crippen LogP contribution in [-0.4, -0.2) is 20.9 Å². The molecule has 0 saturated carbocycles. The van der Waals surface area contributed by atoms with Gasteiger partial charge in [0.25, 0.3) is 0 Å². The molecule has 4 nitrogen and oxygen atoms in total. The first-order valence-corrected chi connectivity index (χ1v) is 19.9. The van der Waals surface area contributed by atoms with Crippen molar-refractivity contribution >= 4 is 27.3 Å². The van der Waals surface area contributed by atoms with E-state index in [2.05, 4.69) is 74.1 Å². The van der Waals surface area contributed by atoms with E-state index in [0.717, 1.165) is 69.9 Å². The largest absolute Gasteiger partial charge is 0.512 e. The molecule has 6 heteroatoms. The van der Waals surface area contributed by atoms with E-state index >= 15 is 0 Å². The van der Waals surface area contributed by atoms with Gasteiger partial charge in [0, 0.05) is 54.8 Å². The van der Waals surface area contributed by atoms with Crippen LogP contribution in [-0.2, 0) is 30.3 Å². The van der Waals surface area contributed by atoms with Crippen LogP contribution >= 0.6 is 0 Å². The molecule has 4 aromatic carbocycles. The molecule has 0 unspecified atom stereocenters. The standard InChI is InChI=1S/C21H15FN.C15H16N.C15H28O2.Ir/c1-13-10-14(2)12-15(11-13)21-19-7-6-18-16(4-3-5-20(18)22)17(19)8-9-23-21;1-15(2,3)13-9-10-14(16-11-13)12-7-5-4-6-8-12;1-7-14(5,8-2)12(16)11-13(17)15(6,9-3)10-4;/h3-11H,1-2H3;4-7,9-11H,1-3H3;11,16H,7-10H2,1-6H3;/q2*-1;;/b;;12-11-;. The van der Waals surface area contributed by atoms with Gasteiger partial charge >= 0.3 is 0 Å². The first-order chi connectivity index (χ1) is 26.5. The Hall–Kier alpha value is -4.51. The van der Waals surface area contributed by atoms with Crippen molar-refractivity contribution in [2.75, 3.05) is 0 Å². The third-order valence-electron chi connectivity index (χ3n) is 11.4. The van der Waals surface area contributed by atoms with Crippen LogP contribution in [0.3, 0.4) is 0 Å². The van der Waals surface area contributed by atoms with Gasteiger partial charge in [-0.3, -0.25) is 4.79 Å². The van der Waals surface area contributed by atoms with Crippen LogP contribution in [0.15, 0.2) is 109 Å². The summed E-state index contributed by atoms with van der Waals surface area (Å²) in [5.74, 6) is 0.0921.